The average molecular weight is 218 g/mol. The summed E-state index contributed by atoms with van der Waals surface area (Å²) in [6.07, 6.45) is 0. The molecule has 0 aliphatic carbocycles. The molecule has 0 radical (unpaired) electrons. The van der Waals surface area contributed by atoms with E-state index in [1.54, 1.807) is 31.3 Å². The lowest BCUT2D eigenvalue weighted by atomic mass is 10.2. The van der Waals surface area contributed by atoms with Crippen LogP contribution in [0.2, 0.25) is 0 Å². The van der Waals surface area contributed by atoms with Gasteiger partial charge in [-0.2, -0.15) is 4.80 Å². The molecule has 0 fully saturated rings. The first-order chi connectivity index (χ1) is 7.65. The molecule has 0 saturated carbocycles. The molecule has 0 unspecified atom stereocenters. The predicted octanol–water partition coefficient (Wildman–Crippen LogP) is 0.0446. The number of hydrogen-bond donors (Lipinski definition) is 2. The fraction of sp³-hybridized carbons (Fsp3) is 0.111. The molecule has 0 saturated heterocycles. The van der Waals surface area contributed by atoms with Crippen molar-refractivity contribution < 1.29 is 4.79 Å². The highest BCUT2D eigenvalue weighted by Gasteiger charge is 2.08. The summed E-state index contributed by atoms with van der Waals surface area (Å²) >= 11 is 0. The number of nitrogens with zero attached hydrogens (tertiary/aromatic N) is 4. The minimum absolute atomic E-state index is 0.162. The second kappa shape index (κ2) is 3.97. The first-order valence-electron chi connectivity index (χ1n) is 4.56. The molecule has 7 heteroatoms. The monoisotopic (exact) mass is 218 g/mol. The standard InChI is InChI=1S/C9H10N6O/c1-15-13-9(12-14-15)11-8(16)6-3-2-4-7(10)5-6/h2-5H,10H2,1H3,(H,11,13,16). The Hall–Kier alpha value is -2.44. The predicted molar refractivity (Wildman–Crippen MR) is 57.6 cm³/mol. The lowest BCUT2D eigenvalue weighted by molar-refractivity contribution is 0.102. The van der Waals surface area contributed by atoms with Gasteiger partial charge in [-0.1, -0.05) is 11.2 Å². The van der Waals surface area contributed by atoms with Crippen LogP contribution in [0.5, 0.6) is 0 Å². The van der Waals surface area contributed by atoms with Crippen molar-refractivity contribution in [2.75, 3.05) is 11.1 Å². The molecule has 0 aliphatic rings. The number of carbonyl (C=O) groups excluding carboxylic acids is 1. The van der Waals surface area contributed by atoms with Crippen molar-refractivity contribution in [3.63, 3.8) is 0 Å². The number of rotatable bonds is 2. The molecule has 1 aromatic carbocycles. The van der Waals surface area contributed by atoms with Gasteiger partial charge in [-0.3, -0.25) is 10.1 Å². The molecule has 0 aliphatic heterocycles. The third-order valence-corrected chi connectivity index (χ3v) is 1.88. The smallest absolute Gasteiger partial charge is 0.270 e. The molecule has 16 heavy (non-hydrogen) atoms. The Balaban J connectivity index is 2.14. The van der Waals surface area contributed by atoms with Crippen LogP contribution in [-0.4, -0.2) is 26.1 Å². The van der Waals surface area contributed by atoms with Crippen molar-refractivity contribution in [1.29, 1.82) is 0 Å². The van der Waals surface area contributed by atoms with E-state index in [-0.39, 0.29) is 11.9 Å². The van der Waals surface area contributed by atoms with Gasteiger partial charge in [-0.05, 0) is 23.4 Å². The third-order valence-electron chi connectivity index (χ3n) is 1.88. The van der Waals surface area contributed by atoms with Crippen LogP contribution in [-0.2, 0) is 7.05 Å². The molecule has 7 nitrogen and oxygen atoms in total. The van der Waals surface area contributed by atoms with Gasteiger partial charge < -0.3 is 5.73 Å². The Morgan fingerprint density at radius 3 is 2.94 bits per heavy atom. The molecule has 2 aromatic rings. The van der Waals surface area contributed by atoms with Crippen LogP contribution in [0.25, 0.3) is 0 Å². The van der Waals surface area contributed by atoms with Gasteiger partial charge in [0.15, 0.2) is 0 Å². The second-order valence-electron chi connectivity index (χ2n) is 3.18. The first-order valence-corrected chi connectivity index (χ1v) is 4.56. The van der Waals surface area contributed by atoms with Crippen LogP contribution >= 0.6 is 0 Å². The van der Waals surface area contributed by atoms with Gasteiger partial charge >= 0.3 is 0 Å². The highest BCUT2D eigenvalue weighted by molar-refractivity contribution is 6.03. The number of amides is 1. The highest BCUT2D eigenvalue weighted by Crippen LogP contribution is 2.07. The summed E-state index contributed by atoms with van der Waals surface area (Å²) in [5, 5.41) is 13.6. The van der Waals surface area contributed by atoms with Crippen molar-refractivity contribution in [2.24, 2.45) is 7.05 Å². The maximum Gasteiger partial charge on any atom is 0.270 e. The molecule has 1 heterocycles. The summed E-state index contributed by atoms with van der Waals surface area (Å²) in [7, 11) is 1.61. The van der Waals surface area contributed by atoms with Gasteiger partial charge in [-0.25, -0.2) is 0 Å². The first kappa shape index (κ1) is 10.1. The van der Waals surface area contributed by atoms with Gasteiger partial charge in [-0.15, -0.1) is 5.10 Å². The zero-order valence-corrected chi connectivity index (χ0v) is 8.58. The van der Waals surface area contributed by atoms with Gasteiger partial charge in [0.05, 0.1) is 7.05 Å². The molecule has 82 valence electrons. The number of nitrogen functional groups attached to an aromatic ring is 1. The van der Waals surface area contributed by atoms with Gasteiger partial charge in [0.25, 0.3) is 11.9 Å². The fourth-order valence-electron chi connectivity index (χ4n) is 1.19. The normalized spacial score (nSPS) is 10.1. The van der Waals surface area contributed by atoms with Crippen molar-refractivity contribution in [1.82, 2.24) is 20.2 Å². The van der Waals surface area contributed by atoms with E-state index in [1.807, 2.05) is 0 Å². The van der Waals surface area contributed by atoms with E-state index in [4.69, 9.17) is 5.73 Å². The maximum absolute atomic E-state index is 11.7. The third kappa shape index (κ3) is 2.14. The summed E-state index contributed by atoms with van der Waals surface area (Å²) in [6.45, 7) is 0. The van der Waals surface area contributed by atoms with E-state index in [1.165, 1.54) is 4.80 Å². The molecular weight excluding hydrogens is 208 g/mol. The Bertz CT molecular complexity index is 520. The van der Waals surface area contributed by atoms with E-state index in [0.29, 0.717) is 11.3 Å². The number of tetrazole rings is 1. The zero-order valence-electron chi connectivity index (χ0n) is 8.58. The zero-order chi connectivity index (χ0) is 11.5. The topological polar surface area (TPSA) is 98.7 Å². The largest absolute Gasteiger partial charge is 0.399 e. The fourth-order valence-corrected chi connectivity index (χ4v) is 1.19. The Kier molecular flexibility index (Phi) is 2.50. The number of benzene rings is 1. The van der Waals surface area contributed by atoms with E-state index in [9.17, 15) is 4.79 Å². The van der Waals surface area contributed by atoms with Crippen molar-refractivity contribution in [2.45, 2.75) is 0 Å². The lowest BCUT2D eigenvalue weighted by Gasteiger charge is -2.00. The van der Waals surface area contributed by atoms with Gasteiger partial charge in [0.1, 0.15) is 0 Å². The van der Waals surface area contributed by atoms with Crippen LogP contribution in [0, 0.1) is 0 Å². The number of anilines is 2. The van der Waals surface area contributed by atoms with Gasteiger partial charge in [0, 0.05) is 11.3 Å². The SMILES string of the molecule is Cn1nnc(NC(=O)c2cccc(N)c2)n1. The second-order valence-corrected chi connectivity index (χ2v) is 3.18. The van der Waals surface area contributed by atoms with Crippen LogP contribution in [0.4, 0.5) is 11.6 Å². The van der Waals surface area contributed by atoms with Crippen LogP contribution in [0.1, 0.15) is 10.4 Å². The van der Waals surface area contributed by atoms with Gasteiger partial charge in [0.2, 0.25) is 0 Å². The van der Waals surface area contributed by atoms with Crippen LogP contribution in [0.15, 0.2) is 24.3 Å². The molecule has 1 amide bonds. The Morgan fingerprint density at radius 2 is 2.31 bits per heavy atom. The number of nitrogens with two attached hydrogens (primary N) is 1. The van der Waals surface area contributed by atoms with E-state index in [2.05, 4.69) is 20.7 Å². The number of aromatic nitrogens is 4. The van der Waals surface area contributed by atoms with E-state index in [0.717, 1.165) is 0 Å². The molecular formula is C9H10N6O. The molecule has 0 bridgehead atoms. The Labute approximate surface area is 91.3 Å². The molecule has 3 N–H and O–H groups in total. The Morgan fingerprint density at radius 1 is 1.50 bits per heavy atom. The average Bonchev–Trinajstić information content (AvgIpc) is 2.64. The molecule has 1 aromatic heterocycles. The molecule has 0 atom stereocenters. The van der Waals surface area contributed by atoms with E-state index < -0.39 is 0 Å². The minimum atomic E-state index is -0.319. The molecule has 2 rings (SSSR count). The number of carbonyl (C=O) groups is 1. The summed E-state index contributed by atoms with van der Waals surface area (Å²) in [5.41, 5.74) is 6.55. The van der Waals surface area contributed by atoms with Crippen LogP contribution in [0.3, 0.4) is 0 Å². The summed E-state index contributed by atoms with van der Waals surface area (Å²) < 4.78 is 0. The summed E-state index contributed by atoms with van der Waals surface area (Å²) in [4.78, 5) is 13.0. The lowest BCUT2D eigenvalue weighted by Crippen LogP contribution is -2.13. The highest BCUT2D eigenvalue weighted by atomic mass is 16.1. The van der Waals surface area contributed by atoms with Crippen molar-refractivity contribution >= 4 is 17.5 Å². The summed E-state index contributed by atoms with van der Waals surface area (Å²) in [6, 6.07) is 6.64. The molecule has 0 spiro atoms. The quantitative estimate of drug-likeness (QED) is 0.693. The van der Waals surface area contributed by atoms with Crippen LogP contribution < -0.4 is 11.1 Å². The number of nitrogens with one attached hydrogen (secondary N) is 1. The van der Waals surface area contributed by atoms with E-state index >= 15 is 0 Å². The van der Waals surface area contributed by atoms with Crippen molar-refractivity contribution in [3.05, 3.63) is 29.8 Å². The number of hydrogen-bond acceptors (Lipinski definition) is 5. The maximum atomic E-state index is 11.7. The van der Waals surface area contributed by atoms with Crippen molar-refractivity contribution in [3.8, 4) is 0 Å². The summed E-state index contributed by atoms with van der Waals surface area (Å²) in [5.74, 6) is -0.157. The minimum Gasteiger partial charge on any atom is -0.399 e. The number of aryl methyl sites for hydroxylation is 1.